The summed E-state index contributed by atoms with van der Waals surface area (Å²) >= 11 is 5.93. The molecule has 0 bridgehead atoms. The van der Waals surface area contributed by atoms with Gasteiger partial charge in [-0.3, -0.25) is 14.6 Å². The number of amides is 1. The van der Waals surface area contributed by atoms with Gasteiger partial charge >= 0.3 is 0 Å². The molecule has 3 aromatic rings. The fourth-order valence-electron chi connectivity index (χ4n) is 2.32. The molecule has 0 fully saturated rings. The molecule has 24 heavy (non-hydrogen) atoms. The summed E-state index contributed by atoms with van der Waals surface area (Å²) in [6, 6.07) is 5.15. The highest BCUT2D eigenvalue weighted by Crippen LogP contribution is 2.23. The first-order chi connectivity index (χ1) is 11.5. The molecule has 1 N–H and O–H groups in total. The highest BCUT2D eigenvalue weighted by Gasteiger charge is 2.11. The molecule has 0 aliphatic rings. The maximum absolute atomic E-state index is 12.3. The lowest BCUT2D eigenvalue weighted by molar-refractivity contribution is 0.0953. The van der Waals surface area contributed by atoms with E-state index in [1.807, 2.05) is 5.38 Å². The van der Waals surface area contributed by atoms with Crippen molar-refractivity contribution in [3.8, 4) is 0 Å². The molecule has 2 aromatic heterocycles. The molecule has 0 aliphatic heterocycles. The van der Waals surface area contributed by atoms with E-state index in [-0.39, 0.29) is 11.7 Å². The quantitative estimate of drug-likeness (QED) is 0.543. The zero-order valence-corrected chi connectivity index (χ0v) is 14.7. The van der Waals surface area contributed by atoms with Crippen LogP contribution in [0.15, 0.2) is 40.9 Å². The van der Waals surface area contributed by atoms with E-state index in [9.17, 15) is 9.59 Å². The van der Waals surface area contributed by atoms with Crippen LogP contribution in [0.4, 0.5) is 0 Å². The lowest BCUT2D eigenvalue weighted by Gasteiger charge is -2.07. The Labute approximate surface area is 148 Å². The van der Waals surface area contributed by atoms with Gasteiger partial charge < -0.3 is 5.32 Å². The second kappa shape index (κ2) is 7.11. The van der Waals surface area contributed by atoms with Crippen LogP contribution >= 0.6 is 24.0 Å². The number of thiol groups is 1. The molecule has 5 nitrogen and oxygen atoms in total. The van der Waals surface area contributed by atoms with Crippen LogP contribution in [0, 0.1) is 0 Å². The number of nitrogens with zero attached hydrogens (tertiary/aromatic N) is 2. The van der Waals surface area contributed by atoms with E-state index in [0.29, 0.717) is 34.5 Å². The highest BCUT2D eigenvalue weighted by atomic mass is 32.1. The summed E-state index contributed by atoms with van der Waals surface area (Å²) in [5.74, 6) is -0.250. The molecular formula is C17H15N3O2S2. The predicted octanol–water partition coefficient (Wildman–Crippen LogP) is 3.16. The highest BCUT2D eigenvalue weighted by molar-refractivity contribution is 7.80. The molecule has 2 heterocycles. The molecule has 0 saturated heterocycles. The van der Waals surface area contributed by atoms with Gasteiger partial charge in [-0.25, -0.2) is 4.98 Å². The Morgan fingerprint density at radius 1 is 1.21 bits per heavy atom. The molecule has 0 saturated carbocycles. The summed E-state index contributed by atoms with van der Waals surface area (Å²) in [5, 5.41) is 6.47. The topological polar surface area (TPSA) is 72.0 Å². The molecule has 122 valence electrons. The second-order valence-corrected chi connectivity index (χ2v) is 6.74. The minimum absolute atomic E-state index is 0.0505. The molecular weight excluding hydrogens is 342 g/mol. The first-order valence-electron chi connectivity index (χ1n) is 7.35. The third kappa shape index (κ3) is 3.63. The van der Waals surface area contributed by atoms with E-state index in [4.69, 9.17) is 0 Å². The zero-order chi connectivity index (χ0) is 17.1. The number of carbonyl (C=O) groups is 2. The summed E-state index contributed by atoms with van der Waals surface area (Å²) in [7, 11) is 0. The van der Waals surface area contributed by atoms with Crippen molar-refractivity contribution in [3.05, 3.63) is 52.1 Å². The van der Waals surface area contributed by atoms with Gasteiger partial charge in [0.2, 0.25) is 0 Å². The minimum Gasteiger partial charge on any atom is -0.352 e. The summed E-state index contributed by atoms with van der Waals surface area (Å²) in [4.78, 5) is 32.9. The van der Waals surface area contributed by atoms with Crippen LogP contribution in [0.5, 0.6) is 0 Å². The molecule has 1 amide bonds. The average molecular weight is 357 g/mol. The number of nitrogens with one attached hydrogen (secondary N) is 1. The zero-order valence-electron chi connectivity index (χ0n) is 12.9. The minimum atomic E-state index is -0.199. The summed E-state index contributed by atoms with van der Waals surface area (Å²) < 4.78 is 0. The fraction of sp³-hybridized carbons (Fsp3) is 0.176. The van der Waals surface area contributed by atoms with E-state index in [1.54, 1.807) is 35.7 Å². The number of rotatable bonds is 5. The molecule has 0 atom stereocenters. The number of hydrogen-bond donors (Lipinski definition) is 2. The van der Waals surface area contributed by atoms with Crippen LogP contribution in [0.25, 0.3) is 10.9 Å². The standard InChI is InChI=1S/C17H15N3O2S2/c1-10(21)11-6-12-7-13(9-20-16(12)14(23)8-11)17(22)19-3-2-15-18-4-5-24-15/h4-9,23H,2-3H2,1H3,(H,19,22). The normalized spacial score (nSPS) is 10.8. The third-order valence-corrected chi connectivity index (χ3v) is 4.72. The Bertz CT molecular complexity index is 908. The van der Waals surface area contributed by atoms with Crippen molar-refractivity contribution in [3.63, 3.8) is 0 Å². The first-order valence-corrected chi connectivity index (χ1v) is 8.67. The van der Waals surface area contributed by atoms with Gasteiger partial charge in [0.1, 0.15) is 0 Å². The number of hydrogen-bond acceptors (Lipinski definition) is 6. The van der Waals surface area contributed by atoms with E-state index in [2.05, 4.69) is 27.9 Å². The molecule has 0 spiro atoms. The lowest BCUT2D eigenvalue weighted by atomic mass is 10.1. The van der Waals surface area contributed by atoms with Crippen molar-refractivity contribution in [2.45, 2.75) is 18.2 Å². The van der Waals surface area contributed by atoms with Gasteiger partial charge in [0, 0.05) is 46.6 Å². The van der Waals surface area contributed by atoms with Gasteiger partial charge in [0.25, 0.3) is 5.91 Å². The van der Waals surface area contributed by atoms with E-state index >= 15 is 0 Å². The predicted molar refractivity (Wildman–Crippen MR) is 97.2 cm³/mol. The Balaban J connectivity index is 1.78. The maximum atomic E-state index is 12.3. The maximum Gasteiger partial charge on any atom is 0.252 e. The fourth-order valence-corrected chi connectivity index (χ4v) is 3.27. The van der Waals surface area contributed by atoms with Crippen LogP contribution < -0.4 is 5.32 Å². The van der Waals surface area contributed by atoms with Crippen molar-refractivity contribution in [1.29, 1.82) is 0 Å². The van der Waals surface area contributed by atoms with Crippen LogP contribution in [-0.2, 0) is 6.42 Å². The molecule has 0 unspecified atom stereocenters. The van der Waals surface area contributed by atoms with Gasteiger partial charge in [-0.15, -0.1) is 24.0 Å². The lowest BCUT2D eigenvalue weighted by Crippen LogP contribution is -2.25. The number of aromatic nitrogens is 2. The van der Waals surface area contributed by atoms with Crippen molar-refractivity contribution in [2.24, 2.45) is 0 Å². The first kappa shape index (κ1) is 16.6. The van der Waals surface area contributed by atoms with Crippen LogP contribution in [0.1, 0.15) is 32.6 Å². The number of fused-ring (bicyclic) bond motifs is 1. The molecule has 7 heteroatoms. The number of carbonyl (C=O) groups excluding carboxylic acids is 2. The van der Waals surface area contributed by atoms with E-state index in [1.165, 1.54) is 13.1 Å². The van der Waals surface area contributed by atoms with Crippen molar-refractivity contribution in [1.82, 2.24) is 15.3 Å². The second-order valence-electron chi connectivity index (χ2n) is 5.28. The van der Waals surface area contributed by atoms with Crippen molar-refractivity contribution < 1.29 is 9.59 Å². The van der Waals surface area contributed by atoms with Crippen LogP contribution in [0.3, 0.4) is 0 Å². The number of Topliss-reactive ketones (excluding diaryl/α,β-unsaturated/α-hetero) is 1. The SMILES string of the molecule is CC(=O)c1cc(S)c2ncc(C(=O)NCCc3nccs3)cc2c1. The molecule has 0 aliphatic carbocycles. The smallest absolute Gasteiger partial charge is 0.252 e. The molecule has 3 rings (SSSR count). The third-order valence-electron chi connectivity index (χ3n) is 3.54. The van der Waals surface area contributed by atoms with Crippen LogP contribution in [-0.4, -0.2) is 28.2 Å². The largest absolute Gasteiger partial charge is 0.352 e. The summed E-state index contributed by atoms with van der Waals surface area (Å²) in [6.07, 6.45) is 3.96. The Hall–Kier alpha value is -2.25. The molecule has 1 aromatic carbocycles. The Morgan fingerprint density at radius 3 is 2.71 bits per heavy atom. The van der Waals surface area contributed by atoms with Gasteiger partial charge in [-0.1, -0.05) is 0 Å². The van der Waals surface area contributed by atoms with Gasteiger partial charge in [-0.2, -0.15) is 0 Å². The molecule has 0 radical (unpaired) electrons. The van der Waals surface area contributed by atoms with Crippen molar-refractivity contribution >= 4 is 46.6 Å². The summed E-state index contributed by atoms with van der Waals surface area (Å²) in [6.45, 7) is 2.01. The van der Waals surface area contributed by atoms with Gasteiger partial charge in [0.05, 0.1) is 16.1 Å². The Kier molecular flexibility index (Phi) is 4.92. The number of benzene rings is 1. The number of pyridine rings is 1. The summed E-state index contributed by atoms with van der Waals surface area (Å²) in [5.41, 5.74) is 1.67. The Morgan fingerprint density at radius 2 is 2.00 bits per heavy atom. The van der Waals surface area contributed by atoms with E-state index in [0.717, 1.165) is 10.4 Å². The van der Waals surface area contributed by atoms with Gasteiger partial charge in [-0.05, 0) is 25.1 Å². The number of ketones is 1. The monoisotopic (exact) mass is 357 g/mol. The van der Waals surface area contributed by atoms with Gasteiger partial charge in [0.15, 0.2) is 5.78 Å². The van der Waals surface area contributed by atoms with E-state index < -0.39 is 0 Å². The number of thiazole rings is 1. The van der Waals surface area contributed by atoms with Crippen LogP contribution in [0.2, 0.25) is 0 Å². The average Bonchev–Trinajstić information content (AvgIpc) is 3.07. The van der Waals surface area contributed by atoms with Crippen molar-refractivity contribution in [2.75, 3.05) is 6.54 Å².